The molecule has 6 heterocycles. The van der Waals surface area contributed by atoms with Crippen molar-refractivity contribution in [1.29, 1.82) is 0 Å². The monoisotopic (exact) mass is 897 g/mol. The summed E-state index contributed by atoms with van der Waals surface area (Å²) >= 11 is 0. The highest BCUT2D eigenvalue weighted by Crippen LogP contribution is 2.89. The highest BCUT2D eigenvalue weighted by atomic mass is 19.1. The van der Waals surface area contributed by atoms with E-state index in [0.717, 1.165) is 88.4 Å². The Balaban J connectivity index is 0.863. The van der Waals surface area contributed by atoms with Crippen LogP contribution in [0.5, 0.6) is 5.75 Å². The van der Waals surface area contributed by atoms with Crippen molar-refractivity contribution in [3.63, 3.8) is 0 Å². The number of halogens is 1. The second-order valence-corrected chi connectivity index (χ2v) is 19.6. The van der Waals surface area contributed by atoms with Crippen molar-refractivity contribution < 1.29 is 37.8 Å². The Hall–Kier alpha value is -6.65. The molecule has 3 saturated carbocycles. The molecule has 3 aromatic heterocycles. The Morgan fingerprint density at radius 1 is 0.909 bits per heavy atom. The molecule has 3 aliphatic carbocycles. The van der Waals surface area contributed by atoms with Crippen molar-refractivity contribution in [3.05, 3.63) is 66.5 Å². The van der Waals surface area contributed by atoms with Gasteiger partial charge < -0.3 is 38.5 Å². The van der Waals surface area contributed by atoms with Gasteiger partial charge in [0.1, 0.15) is 29.3 Å². The Morgan fingerprint density at radius 2 is 1.59 bits per heavy atom. The van der Waals surface area contributed by atoms with E-state index in [9.17, 15) is 23.6 Å². The van der Waals surface area contributed by atoms with Crippen molar-refractivity contribution in [2.45, 2.75) is 96.2 Å². The van der Waals surface area contributed by atoms with Crippen LogP contribution in [0, 0.1) is 29.1 Å². The predicted octanol–water partition coefficient (Wildman–Crippen LogP) is 8.78. The SMILES string of the molecule is COC(=O)/N=C/C(C(=O)N1[C@H](c2ncc(-c3ccc4c(c3)OC(C3CC3)n3c-4cc4cc(-c5cnc([C@@H]6CC(F)CN6C(=O)/C(=N/C(=O)OC)C(C)C)[nH]5)ccc43)[nH]2)CC23CC12C3)C(C)C. The number of fused-ring (bicyclic) bond motifs is 5. The zero-order chi connectivity index (χ0) is 46.0. The molecule has 0 bridgehead atoms. The van der Waals surface area contributed by atoms with Crippen molar-refractivity contribution in [3.8, 4) is 39.5 Å². The maximum Gasteiger partial charge on any atom is 0.433 e. The summed E-state index contributed by atoms with van der Waals surface area (Å²) in [6, 6.07) is 13.8. The number of aliphatic imine (C=N–C) groups is 2. The van der Waals surface area contributed by atoms with Gasteiger partial charge in [-0.2, -0.15) is 9.98 Å². The summed E-state index contributed by atoms with van der Waals surface area (Å²) in [6.07, 6.45) is 6.98. The topological polar surface area (TPSA) is 189 Å². The lowest BCUT2D eigenvalue weighted by molar-refractivity contribution is -0.138. The van der Waals surface area contributed by atoms with Crippen molar-refractivity contribution in [2.75, 3.05) is 20.8 Å². The fraction of sp³-hybridized carbons (Fsp3) is 0.469. The molecular formula is C49H52FN9O7. The van der Waals surface area contributed by atoms with Gasteiger partial charge in [-0.3, -0.25) is 9.59 Å². The number of piperidine rings is 2. The minimum atomic E-state index is -1.26. The van der Waals surface area contributed by atoms with E-state index in [2.05, 4.69) is 70.6 Å². The molecule has 5 aromatic rings. The lowest BCUT2D eigenvalue weighted by atomic mass is 9.92. The van der Waals surface area contributed by atoms with Gasteiger partial charge in [0.15, 0.2) is 6.23 Å². The smallest absolute Gasteiger partial charge is 0.433 e. The molecule has 2 N–H and O–H groups in total. The number of aromatic amines is 2. The molecule has 6 aliphatic rings. The maximum atomic E-state index is 15.0. The highest BCUT2D eigenvalue weighted by Gasteiger charge is 2.91. The number of methoxy groups -OCH3 is 2. The number of nitrogens with one attached hydrogen (secondary N) is 2. The number of benzene rings is 2. The van der Waals surface area contributed by atoms with Crippen molar-refractivity contribution in [2.24, 2.45) is 39.1 Å². The average molecular weight is 898 g/mol. The summed E-state index contributed by atoms with van der Waals surface area (Å²) in [5, 5.41) is 1.02. The first-order chi connectivity index (χ1) is 31.7. The van der Waals surface area contributed by atoms with Gasteiger partial charge in [0.05, 0.1) is 79.3 Å². The fourth-order valence-corrected chi connectivity index (χ4v) is 11.0. The predicted molar refractivity (Wildman–Crippen MR) is 241 cm³/mol. The average Bonchev–Trinajstić information content (AvgIpc) is 4.02. The number of likely N-dealkylation sites (tertiary alicyclic amines) is 2. The van der Waals surface area contributed by atoms with Crippen LogP contribution in [-0.4, -0.2) is 103 Å². The quantitative estimate of drug-likeness (QED) is 0.129. The van der Waals surface area contributed by atoms with Crippen LogP contribution in [0.15, 0.2) is 64.8 Å². The van der Waals surface area contributed by atoms with E-state index in [1.807, 2.05) is 31.0 Å². The standard InChI is InChI=1S/C49H52FN9O7/c1-24(2)32(18-53-46(62)64-5)43(60)59-38(17-48-22-49(48,59)23-48)42-52-20-34(55-42)28-9-11-31-36-14-29-13-27(10-12-35(29)58(36)45(26-7-8-26)66-39(31)15-28)33-19-51-41(54-33)37-16-30(50)21-57(37)44(61)40(25(3)4)56-47(63)65-6/h9-15,18-20,24-26,30,32,37-38,45H,7-8,16-17,21-23H2,1-6H3,(H,51,54)(H,52,55)/b53-18+,56-40+/t30?,32?,37-,38-,45?,48?,49?/m0/s1. The number of H-pyrrole nitrogens is 2. The van der Waals surface area contributed by atoms with Crippen molar-refractivity contribution >= 4 is 46.8 Å². The second kappa shape index (κ2) is 15.2. The van der Waals surface area contributed by atoms with E-state index in [1.165, 1.54) is 25.3 Å². The Kier molecular flexibility index (Phi) is 9.68. The third-order valence-electron chi connectivity index (χ3n) is 14.8. The molecule has 2 aromatic carbocycles. The van der Waals surface area contributed by atoms with Gasteiger partial charge in [0.25, 0.3) is 5.91 Å². The fourth-order valence-electron chi connectivity index (χ4n) is 11.0. The van der Waals surface area contributed by atoms with Crippen LogP contribution >= 0.6 is 0 Å². The number of hydrogen-bond donors (Lipinski definition) is 2. The van der Waals surface area contributed by atoms with Crippen LogP contribution in [0.25, 0.3) is 44.7 Å². The molecule has 0 radical (unpaired) electrons. The molecule has 5 fully saturated rings. The second-order valence-electron chi connectivity index (χ2n) is 19.6. The van der Waals surface area contributed by atoms with Gasteiger partial charge in [-0.05, 0) is 68.4 Å². The number of amides is 4. The summed E-state index contributed by atoms with van der Waals surface area (Å²) < 4.78 is 33.6. The number of imidazole rings is 2. The number of rotatable bonds is 10. The Morgan fingerprint density at radius 3 is 2.26 bits per heavy atom. The minimum absolute atomic E-state index is 0.00716. The van der Waals surface area contributed by atoms with Crippen LogP contribution in [0.3, 0.4) is 0 Å². The number of alkyl halides is 1. The van der Waals surface area contributed by atoms with Crippen LogP contribution in [0.4, 0.5) is 14.0 Å². The number of ether oxygens (including phenoxy) is 3. The summed E-state index contributed by atoms with van der Waals surface area (Å²) in [5.74, 6) is 0.785. The van der Waals surface area contributed by atoms with E-state index in [-0.39, 0.29) is 59.6 Å². The molecule has 3 aliphatic heterocycles. The summed E-state index contributed by atoms with van der Waals surface area (Å²) in [7, 11) is 2.47. The number of aromatic nitrogens is 5. The molecule has 2 saturated heterocycles. The molecule has 66 heavy (non-hydrogen) atoms. The first kappa shape index (κ1) is 42.0. The third-order valence-corrected chi connectivity index (χ3v) is 14.8. The van der Waals surface area contributed by atoms with Gasteiger partial charge in [-0.1, -0.05) is 39.8 Å². The van der Waals surface area contributed by atoms with Crippen LogP contribution in [-0.2, 0) is 19.1 Å². The zero-order valence-electron chi connectivity index (χ0n) is 37.7. The van der Waals surface area contributed by atoms with Crippen LogP contribution < -0.4 is 4.74 Å². The van der Waals surface area contributed by atoms with Crippen LogP contribution in [0.1, 0.15) is 96.2 Å². The Labute approximate surface area is 380 Å². The van der Waals surface area contributed by atoms with Gasteiger partial charge >= 0.3 is 12.2 Å². The van der Waals surface area contributed by atoms with E-state index in [0.29, 0.717) is 11.7 Å². The molecule has 5 atom stereocenters. The molecule has 3 unspecified atom stereocenters. The lowest BCUT2D eigenvalue weighted by Crippen LogP contribution is -2.45. The first-order valence-electron chi connectivity index (χ1n) is 22.9. The molecule has 342 valence electrons. The molecule has 16 nitrogen and oxygen atoms in total. The number of nitrogens with zero attached hydrogens (tertiary/aromatic N) is 7. The summed E-state index contributed by atoms with van der Waals surface area (Å²) in [5.41, 5.74) is 6.46. The molecule has 4 amide bonds. The molecule has 0 spiro atoms. The highest BCUT2D eigenvalue weighted by molar-refractivity contribution is 6.40. The van der Waals surface area contributed by atoms with Gasteiger partial charge in [-0.15, -0.1) is 0 Å². The Bertz CT molecular complexity index is 2900. The van der Waals surface area contributed by atoms with E-state index in [4.69, 9.17) is 14.5 Å². The summed E-state index contributed by atoms with van der Waals surface area (Å²) in [4.78, 5) is 79.5. The first-order valence-corrected chi connectivity index (χ1v) is 22.9. The van der Waals surface area contributed by atoms with E-state index < -0.39 is 36.2 Å². The van der Waals surface area contributed by atoms with Gasteiger partial charge in [-0.25, -0.2) is 23.9 Å². The summed E-state index contributed by atoms with van der Waals surface area (Å²) in [6.45, 7) is 7.29. The molecular weight excluding hydrogens is 846 g/mol. The van der Waals surface area contributed by atoms with Gasteiger partial charge in [0.2, 0.25) is 5.91 Å². The largest absolute Gasteiger partial charge is 0.469 e. The maximum absolute atomic E-state index is 15.0. The molecule has 11 rings (SSSR count). The molecule has 17 heteroatoms. The number of hydrogen-bond acceptors (Lipinski definition) is 9. The third kappa shape index (κ3) is 6.66. The van der Waals surface area contributed by atoms with E-state index in [1.54, 1.807) is 20.0 Å². The normalized spacial score (nSPS) is 26.6. The van der Waals surface area contributed by atoms with Crippen LogP contribution in [0.2, 0.25) is 0 Å². The number of carbonyl (C=O) groups excluding carboxylic acids is 4. The minimum Gasteiger partial charge on any atom is -0.469 e. The number of carbonyl (C=O) groups is 4. The zero-order valence-corrected chi connectivity index (χ0v) is 37.7. The lowest BCUT2D eigenvalue weighted by Gasteiger charge is -2.35. The van der Waals surface area contributed by atoms with E-state index >= 15 is 0 Å². The van der Waals surface area contributed by atoms with Gasteiger partial charge in [0, 0.05) is 52.0 Å². The van der Waals surface area contributed by atoms with Crippen molar-refractivity contribution in [1.82, 2.24) is 34.3 Å².